The fourth-order valence-corrected chi connectivity index (χ4v) is 2.71. The van der Waals surface area contributed by atoms with Crippen LogP contribution in [0.2, 0.25) is 0 Å². The molecular weight excluding hydrogens is 228 g/mol. The Morgan fingerprint density at radius 3 is 2.31 bits per heavy atom. The topological polar surface area (TPSA) is 81.4 Å². The van der Waals surface area contributed by atoms with Gasteiger partial charge in [-0.3, -0.25) is 0 Å². The minimum atomic E-state index is -3.28. The SMILES string of the molecule is COCCS(=O)(=O)NC(CCN)C(C)(C)C. The van der Waals surface area contributed by atoms with Crippen LogP contribution in [-0.2, 0) is 14.8 Å². The Morgan fingerprint density at radius 2 is 1.94 bits per heavy atom. The third-order valence-corrected chi connectivity index (χ3v) is 3.73. The maximum Gasteiger partial charge on any atom is 0.214 e. The van der Waals surface area contributed by atoms with Crippen molar-refractivity contribution in [2.24, 2.45) is 11.1 Å². The van der Waals surface area contributed by atoms with Gasteiger partial charge in [-0.15, -0.1) is 0 Å². The molecular formula is C10H24N2O3S. The predicted molar refractivity (Wildman–Crippen MR) is 65.7 cm³/mol. The van der Waals surface area contributed by atoms with Gasteiger partial charge in [0.15, 0.2) is 0 Å². The zero-order valence-corrected chi connectivity index (χ0v) is 11.4. The fourth-order valence-electron chi connectivity index (χ4n) is 1.30. The van der Waals surface area contributed by atoms with Gasteiger partial charge in [0.05, 0.1) is 12.4 Å². The zero-order valence-electron chi connectivity index (χ0n) is 10.6. The van der Waals surface area contributed by atoms with Gasteiger partial charge in [-0.2, -0.15) is 0 Å². The van der Waals surface area contributed by atoms with Crippen LogP contribution in [0.25, 0.3) is 0 Å². The summed E-state index contributed by atoms with van der Waals surface area (Å²) in [5.41, 5.74) is 5.35. The van der Waals surface area contributed by atoms with E-state index in [1.165, 1.54) is 7.11 Å². The molecule has 0 radical (unpaired) electrons. The lowest BCUT2D eigenvalue weighted by molar-refractivity contribution is 0.216. The summed E-state index contributed by atoms with van der Waals surface area (Å²) in [5.74, 6) is -0.0132. The molecule has 0 spiro atoms. The zero-order chi connectivity index (χ0) is 12.8. The maximum absolute atomic E-state index is 11.7. The first kappa shape index (κ1) is 15.8. The van der Waals surface area contributed by atoms with E-state index in [1.807, 2.05) is 20.8 Å². The summed E-state index contributed by atoms with van der Waals surface area (Å²) < 4.78 is 30.8. The molecule has 0 aromatic heterocycles. The number of methoxy groups -OCH3 is 1. The van der Waals surface area contributed by atoms with E-state index in [0.29, 0.717) is 13.0 Å². The van der Waals surface area contributed by atoms with Crippen molar-refractivity contribution in [1.82, 2.24) is 4.72 Å². The highest BCUT2D eigenvalue weighted by Crippen LogP contribution is 2.22. The standard InChI is InChI=1S/C10H24N2O3S/c1-10(2,3)9(5-6-11)12-16(13,14)8-7-15-4/h9,12H,5-8,11H2,1-4H3. The lowest BCUT2D eigenvalue weighted by Gasteiger charge is -2.31. The minimum Gasteiger partial charge on any atom is -0.384 e. The molecule has 0 aromatic carbocycles. The Labute approximate surface area is 98.8 Å². The van der Waals surface area contributed by atoms with Gasteiger partial charge in [0.1, 0.15) is 0 Å². The Bertz CT molecular complexity index is 283. The summed E-state index contributed by atoms with van der Waals surface area (Å²) in [7, 11) is -1.80. The van der Waals surface area contributed by atoms with Crippen LogP contribution in [0.15, 0.2) is 0 Å². The number of hydrogen-bond acceptors (Lipinski definition) is 4. The predicted octanol–water partition coefficient (Wildman–Crippen LogP) is 0.316. The highest BCUT2D eigenvalue weighted by Gasteiger charge is 2.27. The summed E-state index contributed by atoms with van der Waals surface area (Å²) in [6, 6.07) is -0.139. The first-order valence-electron chi connectivity index (χ1n) is 5.42. The smallest absolute Gasteiger partial charge is 0.214 e. The van der Waals surface area contributed by atoms with Gasteiger partial charge in [-0.05, 0) is 18.4 Å². The molecule has 0 fully saturated rings. The van der Waals surface area contributed by atoms with E-state index >= 15 is 0 Å². The lowest BCUT2D eigenvalue weighted by Crippen LogP contribution is -2.46. The monoisotopic (exact) mass is 252 g/mol. The van der Waals surface area contributed by atoms with E-state index in [4.69, 9.17) is 10.5 Å². The highest BCUT2D eigenvalue weighted by atomic mass is 32.2. The van der Waals surface area contributed by atoms with Gasteiger partial charge >= 0.3 is 0 Å². The summed E-state index contributed by atoms with van der Waals surface area (Å²) in [6.07, 6.45) is 0.635. The number of ether oxygens (including phenoxy) is 1. The van der Waals surface area contributed by atoms with Crippen molar-refractivity contribution in [3.63, 3.8) is 0 Å². The number of hydrogen-bond donors (Lipinski definition) is 2. The quantitative estimate of drug-likeness (QED) is 0.683. The largest absolute Gasteiger partial charge is 0.384 e. The van der Waals surface area contributed by atoms with Gasteiger partial charge in [0.25, 0.3) is 0 Å². The van der Waals surface area contributed by atoms with Crippen molar-refractivity contribution in [3.8, 4) is 0 Å². The molecule has 0 saturated carbocycles. The van der Waals surface area contributed by atoms with Crippen molar-refractivity contribution >= 4 is 10.0 Å². The van der Waals surface area contributed by atoms with Gasteiger partial charge in [-0.1, -0.05) is 20.8 Å². The molecule has 3 N–H and O–H groups in total. The van der Waals surface area contributed by atoms with Crippen LogP contribution in [0.1, 0.15) is 27.2 Å². The molecule has 0 aliphatic rings. The first-order valence-corrected chi connectivity index (χ1v) is 7.07. The Morgan fingerprint density at radius 1 is 1.38 bits per heavy atom. The minimum absolute atomic E-state index is 0.0132. The summed E-state index contributed by atoms with van der Waals surface area (Å²) in [5, 5.41) is 0. The van der Waals surface area contributed by atoms with Crippen LogP contribution in [0.3, 0.4) is 0 Å². The van der Waals surface area contributed by atoms with E-state index in [2.05, 4.69) is 4.72 Å². The van der Waals surface area contributed by atoms with Crippen LogP contribution in [-0.4, -0.2) is 40.5 Å². The van der Waals surface area contributed by atoms with Crippen molar-refractivity contribution < 1.29 is 13.2 Å². The first-order chi connectivity index (χ1) is 7.23. The van der Waals surface area contributed by atoms with Crippen LogP contribution in [0.5, 0.6) is 0 Å². The maximum atomic E-state index is 11.7. The van der Waals surface area contributed by atoms with Crippen LogP contribution >= 0.6 is 0 Å². The van der Waals surface area contributed by atoms with E-state index in [1.54, 1.807) is 0 Å². The molecule has 0 aliphatic heterocycles. The van der Waals surface area contributed by atoms with Gasteiger partial charge in [-0.25, -0.2) is 13.1 Å². The van der Waals surface area contributed by atoms with Crippen molar-refractivity contribution in [1.29, 1.82) is 0 Å². The van der Waals surface area contributed by atoms with Crippen LogP contribution in [0, 0.1) is 5.41 Å². The molecule has 1 atom stereocenters. The molecule has 1 unspecified atom stereocenters. The average molecular weight is 252 g/mol. The molecule has 0 bridgehead atoms. The highest BCUT2D eigenvalue weighted by molar-refractivity contribution is 7.89. The molecule has 98 valence electrons. The number of rotatable bonds is 7. The van der Waals surface area contributed by atoms with E-state index in [-0.39, 0.29) is 23.8 Å². The number of sulfonamides is 1. The third-order valence-electron chi connectivity index (χ3n) is 2.38. The van der Waals surface area contributed by atoms with E-state index < -0.39 is 10.0 Å². The van der Waals surface area contributed by atoms with Crippen LogP contribution in [0.4, 0.5) is 0 Å². The molecule has 0 aromatic rings. The fraction of sp³-hybridized carbons (Fsp3) is 1.00. The molecule has 0 aliphatic carbocycles. The molecule has 5 nitrogen and oxygen atoms in total. The summed E-state index contributed by atoms with van der Waals surface area (Å²) >= 11 is 0. The Hall–Kier alpha value is -0.170. The van der Waals surface area contributed by atoms with Crippen LogP contribution < -0.4 is 10.5 Å². The number of nitrogens with one attached hydrogen (secondary N) is 1. The second-order valence-corrected chi connectivity index (χ2v) is 6.80. The molecule has 0 rings (SSSR count). The summed E-state index contributed by atoms with van der Waals surface area (Å²) in [6.45, 7) is 6.65. The molecule has 0 amide bonds. The molecule has 16 heavy (non-hydrogen) atoms. The normalized spacial score (nSPS) is 15.1. The second kappa shape index (κ2) is 6.54. The van der Waals surface area contributed by atoms with Gasteiger partial charge in [0.2, 0.25) is 10.0 Å². The van der Waals surface area contributed by atoms with Crippen molar-refractivity contribution in [3.05, 3.63) is 0 Å². The van der Waals surface area contributed by atoms with Gasteiger partial charge < -0.3 is 10.5 Å². The Balaban J connectivity index is 4.50. The molecule has 6 heteroatoms. The second-order valence-electron chi connectivity index (χ2n) is 4.93. The van der Waals surface area contributed by atoms with Crippen molar-refractivity contribution in [2.75, 3.05) is 26.0 Å². The Kier molecular flexibility index (Phi) is 6.47. The van der Waals surface area contributed by atoms with E-state index in [9.17, 15) is 8.42 Å². The lowest BCUT2D eigenvalue weighted by atomic mass is 9.85. The summed E-state index contributed by atoms with van der Waals surface area (Å²) in [4.78, 5) is 0. The van der Waals surface area contributed by atoms with Crippen molar-refractivity contribution in [2.45, 2.75) is 33.2 Å². The van der Waals surface area contributed by atoms with E-state index in [0.717, 1.165) is 0 Å². The van der Waals surface area contributed by atoms with Gasteiger partial charge in [0, 0.05) is 13.2 Å². The molecule has 0 heterocycles. The number of nitrogens with two attached hydrogens (primary N) is 1. The molecule has 0 saturated heterocycles. The third kappa shape index (κ3) is 6.42. The average Bonchev–Trinajstić information content (AvgIpc) is 2.12.